The largest absolute Gasteiger partial charge is 0.368 e. The van der Waals surface area contributed by atoms with Gasteiger partial charge < -0.3 is 21.3 Å². The quantitative estimate of drug-likeness (QED) is 0.702. The highest BCUT2D eigenvalue weighted by Crippen LogP contribution is 2.33. The molecule has 1 aromatic rings. The van der Waals surface area contributed by atoms with Crippen LogP contribution in [-0.2, 0) is 0 Å². The lowest BCUT2D eigenvalue weighted by atomic mass is 9.79. The average Bonchev–Trinajstić information content (AvgIpc) is 2.38. The first kappa shape index (κ1) is 22.7. The topological polar surface area (TPSA) is 92.0 Å². The van der Waals surface area contributed by atoms with Crippen LogP contribution in [0.1, 0.15) is 81.6 Å². The third-order valence-corrected chi connectivity index (χ3v) is 5.10. The third kappa shape index (κ3) is 6.47. The molecule has 2 rings (SSSR count). The summed E-state index contributed by atoms with van der Waals surface area (Å²) in [7, 11) is 2.06. The van der Waals surface area contributed by atoms with Crippen LogP contribution in [0.25, 0.3) is 0 Å². The molecule has 0 aliphatic carbocycles. The number of nitrogens with two attached hydrogens (primary N) is 1. The molecule has 28 heavy (non-hydrogen) atoms. The molecule has 0 radical (unpaired) electrons. The maximum Gasteiger partial charge on any atom is 0.231 e. The number of nitrogen functional groups attached to an aromatic ring is 1. The Kier molecular flexibility index (Phi) is 5.92. The van der Waals surface area contributed by atoms with Crippen molar-refractivity contribution >= 4 is 17.8 Å². The maximum atomic E-state index is 6.04. The van der Waals surface area contributed by atoms with Crippen LogP contribution in [0.5, 0.6) is 0 Å². The van der Waals surface area contributed by atoms with Gasteiger partial charge in [-0.05, 0) is 66.2 Å². The second-order valence-corrected chi connectivity index (χ2v) is 11.6. The van der Waals surface area contributed by atoms with Gasteiger partial charge in [0.25, 0.3) is 0 Å². The van der Waals surface area contributed by atoms with Gasteiger partial charge in [-0.1, -0.05) is 20.8 Å². The molecule has 1 saturated heterocycles. The van der Waals surface area contributed by atoms with E-state index >= 15 is 0 Å². The Labute approximate surface area is 171 Å². The van der Waals surface area contributed by atoms with E-state index in [1.165, 1.54) is 0 Å². The highest BCUT2D eigenvalue weighted by Gasteiger charge is 2.40. The Balaban J connectivity index is 2.25. The van der Waals surface area contributed by atoms with Crippen LogP contribution in [0.15, 0.2) is 0 Å². The van der Waals surface area contributed by atoms with Crippen molar-refractivity contribution in [2.45, 2.75) is 104 Å². The van der Waals surface area contributed by atoms with Crippen molar-refractivity contribution in [3.63, 3.8) is 0 Å². The summed E-state index contributed by atoms with van der Waals surface area (Å²) in [5.41, 5.74) is 6.18. The molecule has 0 bridgehead atoms. The van der Waals surface area contributed by atoms with Gasteiger partial charge in [-0.2, -0.15) is 15.0 Å². The lowest BCUT2D eigenvalue weighted by Gasteiger charge is -2.48. The Bertz CT molecular complexity index is 672. The number of piperidine rings is 1. The lowest BCUT2D eigenvalue weighted by molar-refractivity contribution is 0.160. The molecule has 160 valence electrons. The molecule has 0 saturated carbocycles. The summed E-state index contributed by atoms with van der Waals surface area (Å²) in [6, 6.07) is 0.323. The standard InChI is InChI=1S/C21H41N7/c1-18(2,3)13-21(8,9)26-16-23-15(22)24-17(25-16)28(10)14-11-19(4,5)27-20(6,7)12-14/h14,27H,11-13H2,1-10H3,(H3,22,23,24,25,26). The van der Waals surface area contributed by atoms with E-state index < -0.39 is 0 Å². The molecule has 1 fully saturated rings. The van der Waals surface area contributed by atoms with Gasteiger partial charge >= 0.3 is 0 Å². The highest BCUT2D eigenvalue weighted by atomic mass is 15.3. The summed E-state index contributed by atoms with van der Waals surface area (Å²) >= 11 is 0. The van der Waals surface area contributed by atoms with Gasteiger partial charge in [0.2, 0.25) is 17.8 Å². The molecule has 2 heterocycles. The summed E-state index contributed by atoms with van der Waals surface area (Å²) in [4.78, 5) is 15.6. The summed E-state index contributed by atoms with van der Waals surface area (Å²) < 4.78 is 0. The number of nitrogens with zero attached hydrogens (tertiary/aromatic N) is 4. The van der Waals surface area contributed by atoms with Crippen molar-refractivity contribution < 1.29 is 0 Å². The van der Waals surface area contributed by atoms with Crippen LogP contribution in [-0.4, -0.2) is 44.7 Å². The monoisotopic (exact) mass is 391 g/mol. The number of hydrogen-bond donors (Lipinski definition) is 3. The number of anilines is 3. The van der Waals surface area contributed by atoms with E-state index in [9.17, 15) is 0 Å². The van der Waals surface area contributed by atoms with E-state index in [0.717, 1.165) is 19.3 Å². The molecular weight excluding hydrogens is 350 g/mol. The van der Waals surface area contributed by atoms with E-state index in [0.29, 0.717) is 17.9 Å². The minimum Gasteiger partial charge on any atom is -0.368 e. The van der Waals surface area contributed by atoms with Crippen molar-refractivity contribution in [1.29, 1.82) is 0 Å². The minimum absolute atomic E-state index is 0.0506. The van der Waals surface area contributed by atoms with Gasteiger partial charge in [0.05, 0.1) is 0 Å². The predicted octanol–water partition coefficient (Wildman–Crippen LogP) is 3.83. The molecule has 0 amide bonds. The lowest BCUT2D eigenvalue weighted by Crippen LogP contribution is -2.62. The summed E-state index contributed by atoms with van der Waals surface area (Å²) in [5.74, 6) is 1.41. The molecule has 0 spiro atoms. The molecule has 4 N–H and O–H groups in total. The first-order chi connectivity index (χ1) is 12.5. The fourth-order valence-electron chi connectivity index (χ4n) is 4.97. The van der Waals surface area contributed by atoms with Gasteiger partial charge in [-0.15, -0.1) is 0 Å². The number of rotatable bonds is 5. The molecule has 7 heteroatoms. The van der Waals surface area contributed by atoms with Gasteiger partial charge in [0.15, 0.2) is 0 Å². The molecular formula is C21H41N7. The molecule has 0 atom stereocenters. The van der Waals surface area contributed by atoms with Crippen molar-refractivity contribution in [3.8, 4) is 0 Å². The average molecular weight is 392 g/mol. The number of nitrogens with one attached hydrogen (secondary N) is 2. The van der Waals surface area contributed by atoms with Crippen LogP contribution in [0.3, 0.4) is 0 Å². The first-order valence-corrected chi connectivity index (χ1v) is 10.3. The maximum absolute atomic E-state index is 6.04. The van der Waals surface area contributed by atoms with Crippen molar-refractivity contribution in [2.75, 3.05) is 23.0 Å². The SMILES string of the molecule is CN(c1nc(N)nc(NC(C)(C)CC(C)(C)C)n1)C1CC(C)(C)NC(C)(C)C1. The van der Waals surface area contributed by atoms with E-state index in [-0.39, 0.29) is 28.0 Å². The van der Waals surface area contributed by atoms with Crippen LogP contribution < -0.4 is 21.3 Å². The smallest absolute Gasteiger partial charge is 0.231 e. The zero-order valence-corrected chi connectivity index (χ0v) is 19.6. The zero-order valence-electron chi connectivity index (χ0n) is 19.6. The van der Waals surface area contributed by atoms with Crippen LogP contribution in [0, 0.1) is 5.41 Å². The second kappa shape index (κ2) is 7.32. The third-order valence-electron chi connectivity index (χ3n) is 5.10. The Morgan fingerprint density at radius 2 is 1.57 bits per heavy atom. The molecule has 1 aliphatic rings. The fraction of sp³-hybridized carbons (Fsp3) is 0.857. The summed E-state index contributed by atoms with van der Waals surface area (Å²) in [5, 5.41) is 7.19. The summed E-state index contributed by atoms with van der Waals surface area (Å²) in [6.07, 6.45) is 3.00. The predicted molar refractivity (Wildman–Crippen MR) is 119 cm³/mol. The van der Waals surface area contributed by atoms with Crippen LogP contribution in [0.4, 0.5) is 17.8 Å². The molecule has 0 aromatic carbocycles. The van der Waals surface area contributed by atoms with Gasteiger partial charge in [0, 0.05) is 29.7 Å². The van der Waals surface area contributed by atoms with Gasteiger partial charge in [-0.25, -0.2) is 0 Å². The highest BCUT2D eigenvalue weighted by molar-refractivity contribution is 5.43. The number of hydrogen-bond acceptors (Lipinski definition) is 7. The first-order valence-electron chi connectivity index (χ1n) is 10.3. The second-order valence-electron chi connectivity index (χ2n) is 11.6. The summed E-state index contributed by atoms with van der Waals surface area (Å²) in [6.45, 7) is 20.0. The molecule has 7 nitrogen and oxygen atoms in total. The van der Waals surface area contributed by atoms with Crippen molar-refractivity contribution in [3.05, 3.63) is 0 Å². The normalized spacial score (nSPS) is 20.1. The van der Waals surface area contributed by atoms with E-state index in [1.807, 2.05) is 0 Å². The van der Waals surface area contributed by atoms with Gasteiger partial charge in [0.1, 0.15) is 0 Å². The number of aromatic nitrogens is 3. The van der Waals surface area contributed by atoms with Gasteiger partial charge in [-0.3, -0.25) is 0 Å². The molecule has 0 unspecified atom stereocenters. The molecule has 1 aromatic heterocycles. The Morgan fingerprint density at radius 1 is 1.04 bits per heavy atom. The Morgan fingerprint density at radius 3 is 2.07 bits per heavy atom. The Hall–Kier alpha value is -1.63. The van der Waals surface area contributed by atoms with Crippen LogP contribution in [0.2, 0.25) is 0 Å². The zero-order chi connectivity index (χ0) is 21.5. The van der Waals surface area contributed by atoms with E-state index in [2.05, 4.69) is 94.9 Å². The van der Waals surface area contributed by atoms with Crippen molar-refractivity contribution in [1.82, 2.24) is 20.3 Å². The van der Waals surface area contributed by atoms with Crippen LogP contribution >= 0.6 is 0 Å². The molecule has 1 aliphatic heterocycles. The van der Waals surface area contributed by atoms with Crippen molar-refractivity contribution in [2.24, 2.45) is 5.41 Å². The minimum atomic E-state index is -0.152. The van der Waals surface area contributed by atoms with E-state index in [1.54, 1.807) is 0 Å². The van der Waals surface area contributed by atoms with E-state index in [4.69, 9.17) is 10.7 Å². The fourth-order valence-corrected chi connectivity index (χ4v) is 4.97.